The van der Waals surface area contributed by atoms with Gasteiger partial charge < -0.3 is 19.9 Å². The zero-order valence-electron chi connectivity index (χ0n) is 30.9. The number of amides is 3. The van der Waals surface area contributed by atoms with E-state index >= 15 is 8.78 Å². The van der Waals surface area contributed by atoms with Gasteiger partial charge in [-0.3, -0.25) is 19.4 Å². The molecule has 1 aliphatic carbocycles. The molecular formula is C36H36F8N8O5. The van der Waals surface area contributed by atoms with Crippen LogP contribution in [0.1, 0.15) is 43.0 Å². The summed E-state index contributed by atoms with van der Waals surface area (Å²) in [6, 6.07) is 4.40. The molecule has 0 unspecified atom stereocenters. The Kier molecular flexibility index (Phi) is 12.3. The fourth-order valence-electron chi connectivity index (χ4n) is 6.32. The zero-order chi connectivity index (χ0) is 42.0. The Morgan fingerprint density at radius 1 is 0.965 bits per heavy atom. The third kappa shape index (κ3) is 8.88. The number of halogens is 8. The Labute approximate surface area is 320 Å². The summed E-state index contributed by atoms with van der Waals surface area (Å²) < 4.78 is 118. The summed E-state index contributed by atoms with van der Waals surface area (Å²) in [5.74, 6) is -5.86. The van der Waals surface area contributed by atoms with Gasteiger partial charge in [-0.1, -0.05) is 6.07 Å². The Morgan fingerprint density at radius 2 is 1.67 bits per heavy atom. The number of rotatable bonds is 13. The summed E-state index contributed by atoms with van der Waals surface area (Å²) in [6.07, 6.45) is -8.65. The molecule has 306 valence electrons. The van der Waals surface area contributed by atoms with Crippen molar-refractivity contribution in [1.29, 1.82) is 0 Å². The predicted octanol–water partition coefficient (Wildman–Crippen LogP) is 6.02. The monoisotopic (exact) mass is 812 g/mol. The first-order valence-corrected chi connectivity index (χ1v) is 17.3. The number of hydrazine groups is 1. The second-order valence-corrected chi connectivity index (χ2v) is 13.5. The number of likely N-dealkylation sites (N-methyl/N-ethyl adjacent to an activating group) is 3. The highest BCUT2D eigenvalue weighted by Crippen LogP contribution is 2.49. The number of aromatic nitrogens is 2. The molecule has 0 atom stereocenters. The van der Waals surface area contributed by atoms with Crippen LogP contribution in [-0.2, 0) is 33.3 Å². The molecule has 3 amide bonds. The average molecular weight is 813 g/mol. The highest BCUT2D eigenvalue weighted by molar-refractivity contribution is 6.24. The van der Waals surface area contributed by atoms with Gasteiger partial charge in [0.1, 0.15) is 29.9 Å². The van der Waals surface area contributed by atoms with Crippen LogP contribution in [0, 0.1) is 16.5 Å². The minimum Gasteiger partial charge on any atom is -0.489 e. The van der Waals surface area contributed by atoms with Gasteiger partial charge in [0.05, 0.1) is 29.0 Å². The molecule has 0 radical (unpaired) electrons. The number of ether oxygens (including phenoxy) is 1. The number of nitroso groups, excluding NO2 is 1. The Bertz CT molecular complexity index is 2090. The normalized spacial score (nSPS) is 15.9. The van der Waals surface area contributed by atoms with E-state index in [1.165, 1.54) is 23.9 Å². The van der Waals surface area contributed by atoms with E-state index in [-0.39, 0.29) is 30.9 Å². The van der Waals surface area contributed by atoms with Crippen molar-refractivity contribution in [3.8, 4) is 17.0 Å². The number of hydrogen-bond acceptors (Lipinski definition) is 10. The molecule has 2 heterocycles. The van der Waals surface area contributed by atoms with Crippen molar-refractivity contribution in [3.63, 3.8) is 0 Å². The van der Waals surface area contributed by atoms with Gasteiger partial charge in [0.15, 0.2) is 11.6 Å². The van der Waals surface area contributed by atoms with E-state index in [9.17, 15) is 45.6 Å². The third-order valence-corrected chi connectivity index (χ3v) is 9.97. The van der Waals surface area contributed by atoms with Gasteiger partial charge >= 0.3 is 12.4 Å². The summed E-state index contributed by atoms with van der Waals surface area (Å²) in [5.41, 5.74) is -7.73. The molecule has 1 aliphatic heterocycles. The predicted molar refractivity (Wildman–Crippen MR) is 186 cm³/mol. The van der Waals surface area contributed by atoms with Gasteiger partial charge in [-0.05, 0) is 61.8 Å². The van der Waals surface area contributed by atoms with Gasteiger partial charge in [0, 0.05) is 51.8 Å². The number of carbonyl (C=O) groups is 3. The van der Waals surface area contributed by atoms with Crippen LogP contribution in [0.4, 0.5) is 40.8 Å². The second-order valence-electron chi connectivity index (χ2n) is 13.5. The van der Waals surface area contributed by atoms with Gasteiger partial charge in [-0.15, -0.1) is 4.91 Å². The lowest BCUT2D eigenvalue weighted by atomic mass is 9.71. The van der Waals surface area contributed by atoms with Crippen LogP contribution in [0.25, 0.3) is 11.3 Å². The van der Waals surface area contributed by atoms with Crippen molar-refractivity contribution in [1.82, 2.24) is 29.8 Å². The van der Waals surface area contributed by atoms with Crippen molar-refractivity contribution < 1.29 is 54.2 Å². The number of benzene rings is 2. The molecule has 3 aromatic rings. The molecule has 1 fully saturated rings. The Hall–Kier alpha value is -5.57. The van der Waals surface area contributed by atoms with Crippen LogP contribution in [0.5, 0.6) is 5.75 Å². The summed E-state index contributed by atoms with van der Waals surface area (Å²) in [6.45, 7) is 1.94. The van der Waals surface area contributed by atoms with E-state index in [2.05, 4.69) is 20.5 Å². The molecular weight excluding hydrogens is 776 g/mol. The van der Waals surface area contributed by atoms with Crippen LogP contribution in [-0.4, -0.2) is 100 Å². The molecule has 0 bridgehead atoms. The third-order valence-electron chi connectivity index (χ3n) is 9.97. The molecule has 57 heavy (non-hydrogen) atoms. The lowest BCUT2D eigenvalue weighted by molar-refractivity contribution is -0.167. The van der Waals surface area contributed by atoms with E-state index in [0.717, 1.165) is 23.2 Å². The Morgan fingerprint density at radius 3 is 2.26 bits per heavy atom. The number of hydrogen-bond donors (Lipinski definition) is 1. The quantitative estimate of drug-likeness (QED) is 0.125. The van der Waals surface area contributed by atoms with Crippen molar-refractivity contribution in [2.45, 2.75) is 50.6 Å². The van der Waals surface area contributed by atoms with Crippen LogP contribution in [0.15, 0.2) is 59.2 Å². The van der Waals surface area contributed by atoms with E-state index in [0.29, 0.717) is 50.6 Å². The fraction of sp³-hybridized carbons (Fsp3) is 0.417. The van der Waals surface area contributed by atoms with Crippen molar-refractivity contribution >= 4 is 23.4 Å². The van der Waals surface area contributed by atoms with Crippen molar-refractivity contribution in [3.05, 3.63) is 87.4 Å². The molecule has 2 aliphatic rings. The maximum absolute atomic E-state index is 15.6. The molecule has 1 N–H and O–H groups in total. The van der Waals surface area contributed by atoms with E-state index < -0.39 is 93.1 Å². The standard InChI is InChI=1S/C36H36F8N8O5/c1-20(53)50(3)13-12-49(2)14-15-57-26-9-6-21(29(37)30(26)38)18-52-33(55)28(31(48-56)34(51(52)4)10-5-11-34)32(54)47-24-8-7-22(35(39,40)41)16-23(24)25-17-27(36(42,43)44)46-19-45-25/h6-9,16-17,19H,5,10-15,18H2,1-4H3,(H,47,54). The van der Waals surface area contributed by atoms with Gasteiger partial charge in [0.25, 0.3) is 11.8 Å². The lowest BCUT2D eigenvalue weighted by Crippen LogP contribution is -2.65. The SMILES string of the molecule is CC(=O)N(C)CCN(C)CCOc1ccc(CN2C(=O)C(C(=O)Nc3ccc(C(F)(F)F)cc3-c3cc(C(F)(F)F)ncn3)=C(N=O)C3(CCC3)N2C)c(F)c1F. The summed E-state index contributed by atoms with van der Waals surface area (Å²) in [4.78, 5) is 61.9. The lowest BCUT2D eigenvalue weighted by Gasteiger charge is -2.54. The Balaban J connectivity index is 1.43. The molecule has 2 aromatic carbocycles. The average Bonchev–Trinajstić information content (AvgIpc) is 3.13. The topological polar surface area (TPSA) is 141 Å². The first kappa shape index (κ1) is 42.6. The highest BCUT2D eigenvalue weighted by Gasteiger charge is 2.55. The smallest absolute Gasteiger partial charge is 0.433 e. The van der Waals surface area contributed by atoms with Crippen LogP contribution in [0.3, 0.4) is 0 Å². The van der Waals surface area contributed by atoms with E-state index in [1.54, 1.807) is 14.1 Å². The number of carbonyl (C=O) groups excluding carboxylic acids is 3. The second kappa shape index (κ2) is 16.5. The zero-order valence-corrected chi connectivity index (χ0v) is 30.9. The minimum atomic E-state index is -5.01. The highest BCUT2D eigenvalue weighted by atomic mass is 19.4. The number of anilines is 1. The molecule has 1 spiro atoms. The van der Waals surface area contributed by atoms with Crippen LogP contribution >= 0.6 is 0 Å². The van der Waals surface area contributed by atoms with Gasteiger partial charge in [-0.25, -0.2) is 19.4 Å². The van der Waals surface area contributed by atoms with Gasteiger partial charge in [-0.2, -0.15) is 30.7 Å². The molecule has 5 rings (SSSR count). The van der Waals surface area contributed by atoms with E-state index in [1.807, 2.05) is 4.90 Å². The maximum atomic E-state index is 15.6. The van der Waals surface area contributed by atoms with Crippen molar-refractivity contribution in [2.75, 3.05) is 52.7 Å². The number of alkyl halides is 6. The maximum Gasteiger partial charge on any atom is 0.433 e. The van der Waals surface area contributed by atoms with Gasteiger partial charge in [0.2, 0.25) is 11.7 Å². The first-order valence-electron chi connectivity index (χ1n) is 17.3. The first-order chi connectivity index (χ1) is 26.7. The van der Waals surface area contributed by atoms with Crippen LogP contribution < -0.4 is 10.1 Å². The largest absolute Gasteiger partial charge is 0.489 e. The van der Waals surface area contributed by atoms with Crippen LogP contribution in [0.2, 0.25) is 0 Å². The summed E-state index contributed by atoms with van der Waals surface area (Å²) >= 11 is 0. The fourth-order valence-corrected chi connectivity index (χ4v) is 6.32. The molecule has 1 saturated carbocycles. The summed E-state index contributed by atoms with van der Waals surface area (Å²) in [7, 11) is 4.77. The number of nitrogens with one attached hydrogen (secondary N) is 1. The number of nitrogens with zero attached hydrogens (tertiary/aromatic N) is 7. The van der Waals surface area contributed by atoms with E-state index in [4.69, 9.17) is 4.74 Å². The molecule has 21 heteroatoms. The van der Waals surface area contributed by atoms with Crippen molar-refractivity contribution in [2.24, 2.45) is 5.18 Å². The molecule has 0 saturated heterocycles. The minimum absolute atomic E-state index is 0.0437. The molecule has 13 nitrogen and oxygen atoms in total. The summed E-state index contributed by atoms with van der Waals surface area (Å²) in [5, 5.41) is 7.41. The molecule has 1 aromatic heterocycles.